The molecule has 0 aliphatic heterocycles. The summed E-state index contributed by atoms with van der Waals surface area (Å²) in [6.07, 6.45) is 0.388. The lowest BCUT2D eigenvalue weighted by Crippen LogP contribution is -2.41. The van der Waals surface area contributed by atoms with Gasteiger partial charge in [0, 0.05) is 5.56 Å². The van der Waals surface area contributed by atoms with Crippen molar-refractivity contribution in [2.45, 2.75) is 33.2 Å². The number of carbonyl (C=O) groups is 2. The molecule has 0 fully saturated rings. The second-order valence-corrected chi connectivity index (χ2v) is 6.97. The van der Waals surface area contributed by atoms with Crippen molar-refractivity contribution in [3.8, 4) is 11.3 Å². The highest BCUT2D eigenvalue weighted by Crippen LogP contribution is 2.28. The summed E-state index contributed by atoms with van der Waals surface area (Å²) in [5.41, 5.74) is 1.44. The largest absolute Gasteiger partial charge is 0.480 e. The van der Waals surface area contributed by atoms with Crippen LogP contribution in [-0.2, 0) is 4.79 Å². The highest BCUT2D eigenvalue weighted by Gasteiger charge is 2.25. The Bertz CT molecular complexity index is 695. The highest BCUT2D eigenvalue weighted by atomic mass is 32.1. The third-order valence-corrected chi connectivity index (χ3v) is 4.27. The Labute approximate surface area is 139 Å². The first-order chi connectivity index (χ1) is 10.9. The SMILES string of the molecule is Cc1nc(-c2ccccc2)c(C(=O)N[C@H](CC(C)C)C(=O)O)s1. The third-order valence-electron chi connectivity index (χ3n) is 3.30. The summed E-state index contributed by atoms with van der Waals surface area (Å²) in [5, 5.41) is 12.7. The molecule has 0 aliphatic rings. The normalized spacial score (nSPS) is 12.2. The summed E-state index contributed by atoms with van der Waals surface area (Å²) in [6, 6.07) is 8.52. The lowest BCUT2D eigenvalue weighted by molar-refractivity contribution is -0.139. The Morgan fingerprint density at radius 1 is 1.26 bits per heavy atom. The molecule has 6 heteroatoms. The molecule has 1 heterocycles. The molecule has 2 rings (SSSR count). The molecule has 2 N–H and O–H groups in total. The van der Waals surface area contributed by atoms with Gasteiger partial charge < -0.3 is 10.4 Å². The van der Waals surface area contributed by atoms with Crippen LogP contribution in [0.4, 0.5) is 0 Å². The third kappa shape index (κ3) is 4.39. The van der Waals surface area contributed by atoms with Gasteiger partial charge in [-0.15, -0.1) is 11.3 Å². The van der Waals surface area contributed by atoms with Crippen LogP contribution in [-0.4, -0.2) is 28.0 Å². The molecule has 0 unspecified atom stereocenters. The van der Waals surface area contributed by atoms with Gasteiger partial charge in [-0.3, -0.25) is 4.79 Å². The van der Waals surface area contributed by atoms with Crippen LogP contribution in [0.2, 0.25) is 0 Å². The van der Waals surface area contributed by atoms with Gasteiger partial charge in [-0.1, -0.05) is 44.2 Å². The average molecular weight is 332 g/mol. The average Bonchev–Trinajstić information content (AvgIpc) is 2.89. The molecule has 0 saturated carbocycles. The molecule has 1 aromatic heterocycles. The van der Waals surface area contributed by atoms with Gasteiger partial charge in [0.25, 0.3) is 5.91 Å². The van der Waals surface area contributed by atoms with E-state index < -0.39 is 12.0 Å². The minimum absolute atomic E-state index is 0.174. The standard InChI is InChI=1S/C17H20N2O3S/c1-10(2)9-13(17(21)22)19-16(20)15-14(18-11(3)23-15)12-7-5-4-6-8-12/h4-8,10,13H,9H2,1-3H3,(H,19,20)(H,21,22)/t13-/m1/s1. The lowest BCUT2D eigenvalue weighted by atomic mass is 10.0. The van der Waals surface area contributed by atoms with Crippen LogP contribution in [0, 0.1) is 12.8 Å². The molecule has 2 aromatic rings. The molecule has 0 spiro atoms. The number of hydrogen-bond donors (Lipinski definition) is 2. The van der Waals surface area contributed by atoms with E-state index >= 15 is 0 Å². The predicted molar refractivity (Wildman–Crippen MR) is 90.6 cm³/mol. The first-order valence-electron chi connectivity index (χ1n) is 7.45. The van der Waals surface area contributed by atoms with Crippen molar-refractivity contribution in [1.82, 2.24) is 10.3 Å². The molecule has 0 saturated heterocycles. The molecule has 122 valence electrons. The van der Waals surface area contributed by atoms with Crippen LogP contribution in [0.3, 0.4) is 0 Å². The van der Waals surface area contributed by atoms with Gasteiger partial charge in [-0.05, 0) is 19.3 Å². The fourth-order valence-corrected chi connectivity index (χ4v) is 3.13. The maximum atomic E-state index is 12.5. The van der Waals surface area contributed by atoms with E-state index in [4.69, 9.17) is 0 Å². The lowest BCUT2D eigenvalue weighted by Gasteiger charge is -2.16. The van der Waals surface area contributed by atoms with Crippen molar-refractivity contribution in [3.05, 3.63) is 40.2 Å². The van der Waals surface area contributed by atoms with Crippen molar-refractivity contribution < 1.29 is 14.7 Å². The second-order valence-electron chi connectivity index (χ2n) is 5.77. The van der Waals surface area contributed by atoms with Crippen molar-refractivity contribution in [3.63, 3.8) is 0 Å². The number of aromatic nitrogens is 1. The van der Waals surface area contributed by atoms with Gasteiger partial charge in [-0.2, -0.15) is 0 Å². The van der Waals surface area contributed by atoms with E-state index in [-0.39, 0.29) is 11.8 Å². The number of thiazole rings is 1. The van der Waals surface area contributed by atoms with Crippen LogP contribution in [0.5, 0.6) is 0 Å². The molecule has 0 radical (unpaired) electrons. The Morgan fingerprint density at radius 3 is 2.48 bits per heavy atom. The van der Waals surface area contributed by atoms with Crippen molar-refractivity contribution in [2.75, 3.05) is 0 Å². The zero-order valence-electron chi connectivity index (χ0n) is 13.4. The Balaban J connectivity index is 2.28. The number of carboxylic acid groups (broad SMARTS) is 1. The number of aryl methyl sites for hydroxylation is 1. The first kappa shape index (κ1) is 17.1. The smallest absolute Gasteiger partial charge is 0.326 e. The summed E-state index contributed by atoms with van der Waals surface area (Å²) in [6.45, 7) is 5.68. The molecule has 23 heavy (non-hydrogen) atoms. The quantitative estimate of drug-likeness (QED) is 0.850. The number of hydrogen-bond acceptors (Lipinski definition) is 4. The van der Waals surface area contributed by atoms with Crippen LogP contribution < -0.4 is 5.32 Å². The molecular formula is C17H20N2O3S. The van der Waals surface area contributed by atoms with Gasteiger partial charge in [0.1, 0.15) is 10.9 Å². The summed E-state index contributed by atoms with van der Waals surface area (Å²) in [4.78, 5) is 28.8. The molecular weight excluding hydrogens is 312 g/mol. The number of amides is 1. The number of carboxylic acids is 1. The van der Waals surface area contributed by atoms with Crippen molar-refractivity contribution >= 4 is 23.2 Å². The fourth-order valence-electron chi connectivity index (χ4n) is 2.29. The van der Waals surface area contributed by atoms with Crippen LogP contribution in [0.1, 0.15) is 34.9 Å². The van der Waals surface area contributed by atoms with Crippen LogP contribution in [0.25, 0.3) is 11.3 Å². The maximum absolute atomic E-state index is 12.5. The predicted octanol–water partition coefficient (Wildman–Crippen LogP) is 3.35. The van der Waals surface area contributed by atoms with Gasteiger partial charge in [0.2, 0.25) is 0 Å². The Hall–Kier alpha value is -2.21. The monoisotopic (exact) mass is 332 g/mol. The number of rotatable bonds is 6. The Kier molecular flexibility index (Phi) is 5.50. The first-order valence-corrected chi connectivity index (χ1v) is 8.26. The summed E-state index contributed by atoms with van der Waals surface area (Å²) >= 11 is 1.27. The molecule has 1 amide bonds. The topological polar surface area (TPSA) is 79.3 Å². The van der Waals surface area contributed by atoms with E-state index in [1.54, 1.807) is 0 Å². The van der Waals surface area contributed by atoms with Crippen molar-refractivity contribution in [1.29, 1.82) is 0 Å². The van der Waals surface area contributed by atoms with Gasteiger partial charge in [0.15, 0.2) is 0 Å². The van der Waals surface area contributed by atoms with Crippen molar-refractivity contribution in [2.24, 2.45) is 5.92 Å². The zero-order valence-corrected chi connectivity index (χ0v) is 14.2. The van der Waals surface area contributed by atoms with E-state index in [9.17, 15) is 14.7 Å². The number of nitrogens with one attached hydrogen (secondary N) is 1. The fraction of sp³-hybridized carbons (Fsp3) is 0.353. The number of nitrogens with zero attached hydrogens (tertiary/aromatic N) is 1. The molecule has 0 aliphatic carbocycles. The van der Waals surface area contributed by atoms with Gasteiger partial charge in [-0.25, -0.2) is 9.78 Å². The second kappa shape index (κ2) is 7.37. The number of aliphatic carboxylic acids is 1. The van der Waals surface area contributed by atoms with Crippen LogP contribution in [0.15, 0.2) is 30.3 Å². The number of carbonyl (C=O) groups excluding carboxylic acids is 1. The molecule has 5 nitrogen and oxygen atoms in total. The minimum Gasteiger partial charge on any atom is -0.480 e. The molecule has 0 bridgehead atoms. The molecule has 1 aromatic carbocycles. The highest BCUT2D eigenvalue weighted by molar-refractivity contribution is 7.14. The minimum atomic E-state index is -1.02. The van der Waals surface area contributed by atoms with Gasteiger partial charge >= 0.3 is 5.97 Å². The van der Waals surface area contributed by atoms with E-state index in [2.05, 4.69) is 10.3 Å². The maximum Gasteiger partial charge on any atom is 0.326 e. The van der Waals surface area contributed by atoms with E-state index in [1.165, 1.54) is 11.3 Å². The van der Waals surface area contributed by atoms with E-state index in [0.717, 1.165) is 10.6 Å². The molecule has 1 atom stereocenters. The number of benzene rings is 1. The van der Waals surface area contributed by atoms with Gasteiger partial charge in [0.05, 0.1) is 10.7 Å². The zero-order chi connectivity index (χ0) is 17.0. The summed E-state index contributed by atoms with van der Waals surface area (Å²) in [5.74, 6) is -1.23. The Morgan fingerprint density at radius 2 is 1.91 bits per heavy atom. The van der Waals surface area contributed by atoms with E-state index in [1.807, 2.05) is 51.1 Å². The summed E-state index contributed by atoms with van der Waals surface area (Å²) in [7, 11) is 0. The van der Waals surface area contributed by atoms with Crippen LogP contribution >= 0.6 is 11.3 Å². The van der Waals surface area contributed by atoms with E-state index in [0.29, 0.717) is 17.0 Å². The summed E-state index contributed by atoms with van der Waals surface area (Å²) < 4.78 is 0.